The fraction of sp³-hybridized carbons (Fsp3) is 1.00. The van der Waals surface area contributed by atoms with E-state index in [2.05, 4.69) is 43.9 Å². The van der Waals surface area contributed by atoms with Gasteiger partial charge in [0.05, 0.1) is 8.07 Å². The second kappa shape index (κ2) is 8.70. The van der Waals surface area contributed by atoms with Gasteiger partial charge < -0.3 is 0 Å². The third-order valence-electron chi connectivity index (χ3n) is 5.04. The van der Waals surface area contributed by atoms with Gasteiger partial charge in [-0.3, -0.25) is 0 Å². The fourth-order valence-corrected chi connectivity index (χ4v) is 9.99. The summed E-state index contributed by atoms with van der Waals surface area (Å²) >= 11 is 0. The lowest BCUT2D eigenvalue weighted by molar-refractivity contribution is 0.581. The maximum absolute atomic E-state index is 3.25. The van der Waals surface area contributed by atoms with Gasteiger partial charge in [-0.25, -0.2) is 0 Å². The molecule has 0 nitrogen and oxygen atoms in total. The highest BCUT2D eigenvalue weighted by Crippen LogP contribution is 2.42. The average molecular weight is 275 g/mol. The summed E-state index contributed by atoms with van der Waals surface area (Å²) in [4.78, 5) is 0. The van der Waals surface area contributed by atoms with E-state index in [-0.39, 0.29) is 0 Å². The van der Waals surface area contributed by atoms with E-state index in [0.717, 1.165) is 0 Å². The van der Waals surface area contributed by atoms with Crippen LogP contribution in [0.3, 0.4) is 0 Å². The molecule has 17 heavy (non-hydrogen) atoms. The molecule has 0 amide bonds. The van der Waals surface area contributed by atoms with Crippen LogP contribution in [0.4, 0.5) is 0 Å². The van der Waals surface area contributed by atoms with Crippen LogP contribution >= 0.6 is 9.24 Å². The van der Waals surface area contributed by atoms with Crippen molar-refractivity contribution in [2.45, 2.75) is 96.1 Å². The van der Waals surface area contributed by atoms with Gasteiger partial charge in [0.2, 0.25) is 0 Å². The molecule has 0 aliphatic carbocycles. The summed E-state index contributed by atoms with van der Waals surface area (Å²) in [5, 5.41) is 0. The van der Waals surface area contributed by atoms with Gasteiger partial charge in [0, 0.05) is 0 Å². The Bertz CT molecular complexity index is 177. The van der Waals surface area contributed by atoms with Crippen molar-refractivity contribution in [3.8, 4) is 0 Å². The first-order valence-corrected chi connectivity index (χ1v) is 11.0. The van der Waals surface area contributed by atoms with E-state index in [4.69, 9.17) is 0 Å². The minimum absolute atomic E-state index is 0.567. The maximum Gasteiger partial charge on any atom is 0.0629 e. The zero-order valence-corrected chi connectivity index (χ0v) is 15.1. The quantitative estimate of drug-likeness (QED) is 0.259. The Morgan fingerprint density at radius 2 is 1.29 bits per heavy atom. The van der Waals surface area contributed by atoms with Gasteiger partial charge >= 0.3 is 0 Å². The number of rotatable bonds is 10. The van der Waals surface area contributed by atoms with Crippen LogP contribution in [-0.4, -0.2) is 12.9 Å². The van der Waals surface area contributed by atoms with Crippen molar-refractivity contribution in [1.29, 1.82) is 0 Å². The molecule has 2 heteroatoms. The van der Waals surface area contributed by atoms with Crippen LogP contribution < -0.4 is 0 Å². The van der Waals surface area contributed by atoms with Crippen molar-refractivity contribution in [1.82, 2.24) is 0 Å². The maximum atomic E-state index is 3.25. The van der Waals surface area contributed by atoms with Crippen molar-refractivity contribution in [2.75, 3.05) is 0 Å². The Kier molecular flexibility index (Phi) is 9.03. The molecule has 0 saturated carbocycles. The molecule has 0 spiro atoms. The summed E-state index contributed by atoms with van der Waals surface area (Å²) in [6.07, 6.45) is 8.54. The highest BCUT2D eigenvalue weighted by molar-refractivity contribution is 7.27. The monoisotopic (exact) mass is 274 g/mol. The van der Waals surface area contributed by atoms with Crippen LogP contribution in [0.2, 0.25) is 18.1 Å². The molecule has 0 aromatic carbocycles. The van der Waals surface area contributed by atoms with Crippen molar-refractivity contribution in [3.63, 3.8) is 0 Å². The minimum atomic E-state index is -1.05. The molecule has 0 saturated heterocycles. The molecule has 0 N–H and O–H groups in total. The minimum Gasteiger partial charge on any atom is -0.134 e. The Labute approximate surface area is 114 Å². The Morgan fingerprint density at radius 1 is 0.824 bits per heavy atom. The summed E-state index contributed by atoms with van der Waals surface area (Å²) in [7, 11) is 2.20. The molecule has 0 fully saturated rings. The molecular weight excluding hydrogens is 239 g/mol. The largest absolute Gasteiger partial charge is 0.134 e. The first-order chi connectivity index (χ1) is 7.99. The molecule has 0 aromatic heterocycles. The third kappa shape index (κ3) is 5.03. The fourth-order valence-electron chi connectivity index (χ4n) is 3.32. The van der Waals surface area contributed by atoms with Gasteiger partial charge in [0.25, 0.3) is 0 Å². The molecule has 0 aliphatic heterocycles. The Balaban J connectivity index is 4.23. The number of hydrogen-bond acceptors (Lipinski definition) is 0. The molecule has 2 unspecified atom stereocenters. The van der Waals surface area contributed by atoms with Crippen LogP contribution in [0.15, 0.2) is 0 Å². The van der Waals surface area contributed by atoms with Gasteiger partial charge in [-0.05, 0) is 11.2 Å². The van der Waals surface area contributed by atoms with E-state index >= 15 is 0 Å². The highest BCUT2D eigenvalue weighted by atomic mass is 31.0. The van der Waals surface area contributed by atoms with E-state index in [0.29, 0.717) is 4.78 Å². The lowest BCUT2D eigenvalue weighted by Crippen LogP contribution is -2.51. The standard InChI is InChI=1S/C15H35PSi/c1-6-10-11-12-13-14-15(5,16)17(7-2,8-3)9-4/h6-14,16H2,1-5H3. The van der Waals surface area contributed by atoms with Crippen LogP contribution in [0.5, 0.6) is 0 Å². The molecule has 0 rings (SSSR count). The first-order valence-electron chi connectivity index (χ1n) is 7.78. The second-order valence-corrected chi connectivity index (χ2v) is 13.6. The lowest BCUT2D eigenvalue weighted by atomic mass is 10.1. The lowest BCUT2D eigenvalue weighted by Gasteiger charge is -2.44. The molecule has 104 valence electrons. The molecule has 0 radical (unpaired) electrons. The molecule has 0 heterocycles. The Morgan fingerprint density at radius 3 is 1.71 bits per heavy atom. The van der Waals surface area contributed by atoms with Gasteiger partial charge in [0.15, 0.2) is 0 Å². The normalized spacial score (nSPS) is 15.9. The Hall–Kier alpha value is 0.647. The van der Waals surface area contributed by atoms with E-state index in [1.807, 2.05) is 0 Å². The van der Waals surface area contributed by atoms with E-state index in [1.54, 1.807) is 0 Å². The predicted octanol–water partition coefficient (Wildman–Crippen LogP) is 6.03. The van der Waals surface area contributed by atoms with Crippen molar-refractivity contribution < 1.29 is 0 Å². The van der Waals surface area contributed by atoms with Gasteiger partial charge in [0.1, 0.15) is 0 Å². The smallest absolute Gasteiger partial charge is 0.0629 e. The summed E-state index contributed by atoms with van der Waals surface area (Å²) in [6.45, 7) is 12.1. The zero-order valence-electron chi connectivity index (χ0n) is 12.9. The SMILES string of the molecule is CCCCCCCC(C)(P)[Si](CC)(CC)CC. The van der Waals surface area contributed by atoms with Crippen LogP contribution in [0.1, 0.15) is 73.1 Å². The second-order valence-electron chi connectivity index (χ2n) is 5.92. The average Bonchev–Trinajstić information content (AvgIpc) is 2.31. The first kappa shape index (κ1) is 17.6. The summed E-state index contributed by atoms with van der Waals surface area (Å²) in [5.41, 5.74) is 0. The van der Waals surface area contributed by atoms with Gasteiger partial charge in [-0.2, -0.15) is 0 Å². The zero-order chi connectivity index (χ0) is 13.4. The number of hydrogen-bond donors (Lipinski definition) is 0. The summed E-state index contributed by atoms with van der Waals surface area (Å²) in [6, 6.07) is 4.36. The topological polar surface area (TPSA) is 0 Å². The van der Waals surface area contributed by atoms with Crippen molar-refractivity contribution >= 4 is 17.3 Å². The van der Waals surface area contributed by atoms with Gasteiger partial charge in [-0.1, -0.05) is 84.9 Å². The highest BCUT2D eigenvalue weighted by Gasteiger charge is 2.42. The summed E-state index contributed by atoms with van der Waals surface area (Å²) < 4.78 is 0.567. The predicted molar refractivity (Wildman–Crippen MR) is 88.7 cm³/mol. The molecule has 0 aromatic rings. The van der Waals surface area contributed by atoms with Crippen molar-refractivity contribution in [3.05, 3.63) is 0 Å². The molecule has 0 aliphatic rings. The molecule has 2 atom stereocenters. The third-order valence-corrected chi connectivity index (χ3v) is 13.9. The van der Waals surface area contributed by atoms with Crippen LogP contribution in [-0.2, 0) is 0 Å². The van der Waals surface area contributed by atoms with Crippen LogP contribution in [0, 0.1) is 0 Å². The van der Waals surface area contributed by atoms with Crippen LogP contribution in [0.25, 0.3) is 0 Å². The van der Waals surface area contributed by atoms with Gasteiger partial charge in [-0.15, -0.1) is 9.24 Å². The van der Waals surface area contributed by atoms with E-state index < -0.39 is 8.07 Å². The molecule has 0 bridgehead atoms. The molecular formula is C15H35PSi. The van der Waals surface area contributed by atoms with E-state index in [1.165, 1.54) is 56.7 Å². The van der Waals surface area contributed by atoms with Crippen molar-refractivity contribution in [2.24, 2.45) is 0 Å². The number of unbranched alkanes of at least 4 members (excludes halogenated alkanes) is 4. The summed E-state index contributed by atoms with van der Waals surface area (Å²) in [5.74, 6) is 0. The van der Waals surface area contributed by atoms with E-state index in [9.17, 15) is 0 Å².